The Morgan fingerprint density at radius 2 is 2.13 bits per heavy atom. The van der Waals surface area contributed by atoms with Crippen molar-refractivity contribution >= 4 is 33.3 Å². The van der Waals surface area contributed by atoms with E-state index in [0.717, 1.165) is 10.9 Å². The molecule has 0 atom stereocenters. The monoisotopic (exact) mass is 288 g/mol. The minimum absolute atomic E-state index is 0.165. The molecule has 0 unspecified atom stereocenters. The van der Waals surface area contributed by atoms with Crippen LogP contribution in [0.25, 0.3) is 0 Å². The molecule has 0 bridgehead atoms. The zero-order valence-corrected chi connectivity index (χ0v) is 11.2. The van der Waals surface area contributed by atoms with Crippen molar-refractivity contribution in [1.29, 1.82) is 0 Å². The van der Waals surface area contributed by atoms with Gasteiger partial charge in [0.05, 0.1) is 5.02 Å². The van der Waals surface area contributed by atoms with Gasteiger partial charge >= 0.3 is 0 Å². The highest BCUT2D eigenvalue weighted by Gasteiger charge is 2.08. The maximum atomic E-state index is 11.7. The van der Waals surface area contributed by atoms with Crippen LogP contribution in [0.4, 0.5) is 0 Å². The zero-order valence-electron chi connectivity index (χ0n) is 8.89. The molecule has 0 radical (unpaired) electrons. The molecule has 0 aliphatic carbocycles. The molecule has 1 aromatic rings. The summed E-state index contributed by atoms with van der Waals surface area (Å²) in [6.45, 7) is 4.23. The van der Waals surface area contributed by atoms with E-state index >= 15 is 0 Å². The van der Waals surface area contributed by atoms with E-state index in [1.54, 1.807) is 12.1 Å². The van der Waals surface area contributed by atoms with Gasteiger partial charge in [-0.15, -0.1) is 0 Å². The van der Waals surface area contributed by atoms with Gasteiger partial charge in [-0.1, -0.05) is 31.5 Å². The minimum atomic E-state index is 0.165. The summed E-state index contributed by atoms with van der Waals surface area (Å²) in [5, 5.41) is 0.588. The molecule has 1 rings (SSSR count). The van der Waals surface area contributed by atoms with Crippen LogP contribution in [0.5, 0.6) is 0 Å². The summed E-state index contributed by atoms with van der Waals surface area (Å²) >= 11 is 9.22. The number of hydrogen-bond donors (Lipinski definition) is 0. The first kappa shape index (κ1) is 12.7. The Bertz CT molecular complexity index is 361. The molecule has 82 valence electrons. The van der Waals surface area contributed by atoms with E-state index in [2.05, 4.69) is 29.8 Å². The number of Topliss-reactive ketones (excluding diaryl/α,β-unsaturated/α-hetero) is 1. The average molecular weight is 290 g/mol. The maximum absolute atomic E-state index is 11.7. The van der Waals surface area contributed by atoms with Gasteiger partial charge in [-0.05, 0) is 40.4 Å². The Morgan fingerprint density at radius 3 is 2.67 bits per heavy atom. The predicted octanol–water partition coefficient (Wildman–Crippen LogP) is 4.72. The SMILES string of the molecule is CC(C)CCC(=O)c1ccc(Br)c(Cl)c1. The molecule has 0 spiro atoms. The molecule has 0 saturated heterocycles. The molecule has 0 fully saturated rings. The van der Waals surface area contributed by atoms with Crippen molar-refractivity contribution in [2.24, 2.45) is 5.92 Å². The standard InChI is InChI=1S/C12H14BrClO/c1-8(2)3-6-12(15)9-4-5-10(13)11(14)7-9/h4-5,7-8H,3,6H2,1-2H3. The second-order valence-corrected chi connectivity index (χ2v) is 5.25. The van der Waals surface area contributed by atoms with Gasteiger partial charge in [-0.25, -0.2) is 0 Å². The molecule has 0 aliphatic heterocycles. The number of rotatable bonds is 4. The molecule has 0 saturated carbocycles. The topological polar surface area (TPSA) is 17.1 Å². The van der Waals surface area contributed by atoms with E-state index < -0.39 is 0 Å². The van der Waals surface area contributed by atoms with Crippen molar-refractivity contribution in [3.05, 3.63) is 33.3 Å². The molecular weight excluding hydrogens is 275 g/mol. The predicted molar refractivity (Wildman–Crippen MR) is 67.6 cm³/mol. The van der Waals surface area contributed by atoms with E-state index in [1.807, 2.05) is 6.07 Å². The third kappa shape index (κ3) is 3.96. The van der Waals surface area contributed by atoms with Crippen LogP contribution in [-0.2, 0) is 0 Å². The van der Waals surface area contributed by atoms with Crippen LogP contribution < -0.4 is 0 Å². The first-order chi connectivity index (χ1) is 7.00. The fourth-order valence-corrected chi connectivity index (χ4v) is 1.66. The van der Waals surface area contributed by atoms with Crippen LogP contribution in [0.1, 0.15) is 37.0 Å². The average Bonchev–Trinajstić information content (AvgIpc) is 2.18. The number of ketones is 1. The Kier molecular flexibility index (Phi) is 4.81. The quantitative estimate of drug-likeness (QED) is 0.733. The molecule has 0 aromatic heterocycles. The first-order valence-electron chi connectivity index (χ1n) is 4.99. The first-order valence-corrected chi connectivity index (χ1v) is 6.16. The molecule has 15 heavy (non-hydrogen) atoms. The summed E-state index contributed by atoms with van der Waals surface area (Å²) in [5.41, 5.74) is 0.698. The van der Waals surface area contributed by atoms with Crippen LogP contribution in [0.3, 0.4) is 0 Å². The van der Waals surface area contributed by atoms with Gasteiger partial charge in [0, 0.05) is 16.5 Å². The van der Waals surface area contributed by atoms with Gasteiger partial charge in [0.1, 0.15) is 0 Å². The van der Waals surface area contributed by atoms with E-state index in [1.165, 1.54) is 0 Å². The Morgan fingerprint density at radius 1 is 1.47 bits per heavy atom. The van der Waals surface area contributed by atoms with Crippen molar-refractivity contribution in [2.75, 3.05) is 0 Å². The van der Waals surface area contributed by atoms with E-state index in [9.17, 15) is 4.79 Å². The summed E-state index contributed by atoms with van der Waals surface area (Å²) in [5.74, 6) is 0.720. The molecular formula is C12H14BrClO. The third-order valence-electron chi connectivity index (χ3n) is 2.19. The summed E-state index contributed by atoms with van der Waals surface area (Å²) < 4.78 is 0.824. The highest BCUT2D eigenvalue weighted by atomic mass is 79.9. The highest BCUT2D eigenvalue weighted by molar-refractivity contribution is 9.10. The minimum Gasteiger partial charge on any atom is -0.294 e. The van der Waals surface area contributed by atoms with Gasteiger partial charge in [0.2, 0.25) is 0 Å². The van der Waals surface area contributed by atoms with Gasteiger partial charge in [0.15, 0.2) is 5.78 Å². The Balaban J connectivity index is 2.70. The summed E-state index contributed by atoms with van der Waals surface area (Å²) in [6, 6.07) is 5.33. The lowest BCUT2D eigenvalue weighted by Gasteiger charge is -2.05. The fraction of sp³-hybridized carbons (Fsp3) is 0.417. The van der Waals surface area contributed by atoms with Crippen molar-refractivity contribution in [3.63, 3.8) is 0 Å². The number of carbonyl (C=O) groups is 1. The number of hydrogen-bond acceptors (Lipinski definition) is 1. The summed E-state index contributed by atoms with van der Waals surface area (Å²) in [4.78, 5) is 11.7. The lowest BCUT2D eigenvalue weighted by molar-refractivity contribution is 0.0975. The van der Waals surface area contributed by atoms with Crippen LogP contribution in [0, 0.1) is 5.92 Å². The second-order valence-electron chi connectivity index (χ2n) is 3.98. The van der Waals surface area contributed by atoms with Gasteiger partial charge in [-0.3, -0.25) is 4.79 Å². The lowest BCUT2D eigenvalue weighted by Crippen LogP contribution is -2.01. The molecule has 1 nitrogen and oxygen atoms in total. The number of carbonyl (C=O) groups excluding carboxylic acids is 1. The van der Waals surface area contributed by atoms with E-state index in [4.69, 9.17) is 11.6 Å². The fourth-order valence-electron chi connectivity index (χ4n) is 1.23. The second kappa shape index (κ2) is 5.66. The van der Waals surface area contributed by atoms with Gasteiger partial charge in [-0.2, -0.15) is 0 Å². The highest BCUT2D eigenvalue weighted by Crippen LogP contribution is 2.24. The largest absolute Gasteiger partial charge is 0.294 e. The number of benzene rings is 1. The summed E-state index contributed by atoms with van der Waals surface area (Å²) in [7, 11) is 0. The van der Waals surface area contributed by atoms with Crippen molar-refractivity contribution in [2.45, 2.75) is 26.7 Å². The molecule has 0 N–H and O–H groups in total. The molecule has 0 heterocycles. The maximum Gasteiger partial charge on any atom is 0.162 e. The van der Waals surface area contributed by atoms with Crippen molar-refractivity contribution < 1.29 is 4.79 Å². The van der Waals surface area contributed by atoms with Crippen LogP contribution in [0.2, 0.25) is 5.02 Å². The van der Waals surface area contributed by atoms with Crippen molar-refractivity contribution in [1.82, 2.24) is 0 Å². The Labute approximate surface area is 104 Å². The zero-order chi connectivity index (χ0) is 11.4. The molecule has 1 aromatic carbocycles. The molecule has 3 heteroatoms. The van der Waals surface area contributed by atoms with Crippen LogP contribution in [0.15, 0.2) is 22.7 Å². The van der Waals surface area contributed by atoms with Gasteiger partial charge < -0.3 is 0 Å². The summed E-state index contributed by atoms with van der Waals surface area (Å²) in [6.07, 6.45) is 1.52. The van der Waals surface area contributed by atoms with Gasteiger partial charge in [0.25, 0.3) is 0 Å². The number of halogens is 2. The Hall–Kier alpha value is -0.340. The molecule has 0 aliphatic rings. The smallest absolute Gasteiger partial charge is 0.162 e. The van der Waals surface area contributed by atoms with E-state index in [0.29, 0.717) is 22.9 Å². The van der Waals surface area contributed by atoms with Crippen LogP contribution >= 0.6 is 27.5 Å². The molecule has 0 amide bonds. The van der Waals surface area contributed by atoms with Crippen LogP contribution in [-0.4, -0.2) is 5.78 Å². The lowest BCUT2D eigenvalue weighted by atomic mass is 10.0. The third-order valence-corrected chi connectivity index (χ3v) is 3.42. The van der Waals surface area contributed by atoms with Crippen molar-refractivity contribution in [3.8, 4) is 0 Å². The van der Waals surface area contributed by atoms with E-state index in [-0.39, 0.29) is 5.78 Å². The normalized spacial score (nSPS) is 10.7.